The molecule has 0 heterocycles. The molecule has 1 atom stereocenters. The van der Waals surface area contributed by atoms with Crippen LogP contribution in [0.5, 0.6) is 0 Å². The van der Waals surface area contributed by atoms with E-state index < -0.39 is 5.82 Å². The summed E-state index contributed by atoms with van der Waals surface area (Å²) < 4.78 is 13.6. The maximum Gasteiger partial charge on any atom is 0.253 e. The normalized spacial score (nSPS) is 12.0. The Kier molecular flexibility index (Phi) is 4.55. The summed E-state index contributed by atoms with van der Waals surface area (Å²) >= 11 is 3.10. The van der Waals surface area contributed by atoms with Crippen LogP contribution in [-0.4, -0.2) is 5.91 Å². The Balaban J connectivity index is 2.15. The van der Waals surface area contributed by atoms with E-state index in [2.05, 4.69) is 21.2 Å². The molecule has 0 aliphatic rings. The molecule has 0 spiro atoms. The van der Waals surface area contributed by atoms with E-state index in [-0.39, 0.29) is 16.4 Å². The van der Waals surface area contributed by atoms with Crippen molar-refractivity contribution in [2.24, 2.45) is 0 Å². The van der Waals surface area contributed by atoms with Crippen molar-refractivity contribution in [1.29, 1.82) is 0 Å². The summed E-state index contributed by atoms with van der Waals surface area (Å²) in [6.07, 6.45) is 0. The molecule has 0 aliphatic carbocycles. The van der Waals surface area contributed by atoms with E-state index in [0.717, 1.165) is 5.56 Å². The van der Waals surface area contributed by atoms with Gasteiger partial charge in [-0.2, -0.15) is 0 Å². The summed E-state index contributed by atoms with van der Waals surface area (Å²) in [6, 6.07) is 12.2. The maximum absolute atomic E-state index is 13.4. The van der Waals surface area contributed by atoms with Crippen LogP contribution in [0.4, 0.5) is 4.39 Å². The predicted molar refractivity (Wildman–Crippen MR) is 81.2 cm³/mol. The van der Waals surface area contributed by atoms with Crippen molar-refractivity contribution in [2.45, 2.75) is 19.9 Å². The van der Waals surface area contributed by atoms with E-state index >= 15 is 0 Å². The molecule has 2 aromatic carbocycles. The van der Waals surface area contributed by atoms with Crippen LogP contribution in [0, 0.1) is 12.7 Å². The van der Waals surface area contributed by atoms with Crippen molar-refractivity contribution in [3.05, 3.63) is 69.4 Å². The molecule has 20 heavy (non-hydrogen) atoms. The van der Waals surface area contributed by atoms with Crippen LogP contribution in [0.3, 0.4) is 0 Å². The predicted octanol–water partition coefficient (Wildman–Crippen LogP) is 4.39. The second-order valence-electron chi connectivity index (χ2n) is 4.71. The van der Waals surface area contributed by atoms with E-state index in [4.69, 9.17) is 0 Å². The van der Waals surface area contributed by atoms with Gasteiger partial charge in [0.15, 0.2) is 0 Å². The van der Waals surface area contributed by atoms with Crippen LogP contribution in [0.15, 0.2) is 46.9 Å². The molecule has 0 radical (unpaired) electrons. The molecule has 2 aromatic rings. The molecule has 0 saturated heterocycles. The first-order valence-electron chi connectivity index (χ1n) is 6.30. The van der Waals surface area contributed by atoms with Gasteiger partial charge in [0.1, 0.15) is 5.82 Å². The minimum Gasteiger partial charge on any atom is -0.345 e. The van der Waals surface area contributed by atoms with Crippen LogP contribution in [0.2, 0.25) is 0 Å². The molecule has 1 unspecified atom stereocenters. The monoisotopic (exact) mass is 335 g/mol. The number of aryl methyl sites for hydroxylation is 1. The van der Waals surface area contributed by atoms with Gasteiger partial charge in [0.05, 0.1) is 16.1 Å². The number of benzene rings is 2. The summed E-state index contributed by atoms with van der Waals surface area (Å²) in [5.41, 5.74) is 2.47. The average Bonchev–Trinajstić information content (AvgIpc) is 2.42. The number of carbonyl (C=O) groups excluding carboxylic acids is 1. The van der Waals surface area contributed by atoms with E-state index in [0.29, 0.717) is 5.56 Å². The Morgan fingerprint density at radius 1 is 1.20 bits per heavy atom. The fourth-order valence-corrected chi connectivity index (χ4v) is 2.34. The van der Waals surface area contributed by atoms with Gasteiger partial charge >= 0.3 is 0 Å². The van der Waals surface area contributed by atoms with Crippen LogP contribution in [-0.2, 0) is 0 Å². The van der Waals surface area contributed by atoms with Crippen molar-refractivity contribution in [3.8, 4) is 0 Å². The second kappa shape index (κ2) is 6.18. The zero-order chi connectivity index (χ0) is 14.7. The highest BCUT2D eigenvalue weighted by molar-refractivity contribution is 9.10. The molecular formula is C16H15BrFNO. The molecule has 1 amide bonds. The SMILES string of the molecule is Cc1ccc(C(C)NC(=O)c2cccc(F)c2Br)cc1. The number of hydrogen-bond acceptors (Lipinski definition) is 1. The smallest absolute Gasteiger partial charge is 0.253 e. The largest absolute Gasteiger partial charge is 0.345 e. The number of halogens is 2. The summed E-state index contributed by atoms with van der Waals surface area (Å²) in [6.45, 7) is 3.91. The first kappa shape index (κ1) is 14.7. The van der Waals surface area contributed by atoms with Gasteiger partial charge in [-0.25, -0.2) is 4.39 Å². The lowest BCUT2D eigenvalue weighted by Gasteiger charge is -2.15. The molecular weight excluding hydrogens is 321 g/mol. The van der Waals surface area contributed by atoms with Crippen molar-refractivity contribution in [2.75, 3.05) is 0 Å². The van der Waals surface area contributed by atoms with Gasteiger partial charge in [-0.3, -0.25) is 4.79 Å². The lowest BCUT2D eigenvalue weighted by atomic mass is 10.1. The lowest BCUT2D eigenvalue weighted by molar-refractivity contribution is 0.0938. The number of rotatable bonds is 3. The summed E-state index contributed by atoms with van der Waals surface area (Å²) in [4.78, 5) is 12.2. The topological polar surface area (TPSA) is 29.1 Å². The first-order chi connectivity index (χ1) is 9.49. The van der Waals surface area contributed by atoms with Gasteiger partial charge in [0.2, 0.25) is 0 Å². The number of nitrogens with one attached hydrogen (secondary N) is 1. The number of hydrogen-bond donors (Lipinski definition) is 1. The Bertz CT molecular complexity index is 625. The summed E-state index contributed by atoms with van der Waals surface area (Å²) in [7, 11) is 0. The van der Waals surface area contributed by atoms with Gasteiger partial charge in [0, 0.05) is 0 Å². The molecule has 4 heteroatoms. The zero-order valence-electron chi connectivity index (χ0n) is 11.3. The Hall–Kier alpha value is -1.68. The Morgan fingerprint density at radius 3 is 2.50 bits per heavy atom. The minimum atomic E-state index is -0.444. The quantitative estimate of drug-likeness (QED) is 0.885. The number of carbonyl (C=O) groups is 1. The third kappa shape index (κ3) is 3.25. The van der Waals surface area contributed by atoms with Gasteiger partial charge < -0.3 is 5.32 Å². The molecule has 0 aliphatic heterocycles. The highest BCUT2D eigenvalue weighted by Gasteiger charge is 2.15. The van der Waals surface area contributed by atoms with E-state index in [9.17, 15) is 9.18 Å². The van der Waals surface area contributed by atoms with Crippen LogP contribution in [0.25, 0.3) is 0 Å². The van der Waals surface area contributed by atoms with Gasteiger partial charge in [-0.15, -0.1) is 0 Å². The first-order valence-corrected chi connectivity index (χ1v) is 7.10. The van der Waals surface area contributed by atoms with Crippen LogP contribution < -0.4 is 5.32 Å². The third-order valence-electron chi connectivity index (χ3n) is 3.12. The van der Waals surface area contributed by atoms with E-state index in [1.807, 2.05) is 38.1 Å². The summed E-state index contributed by atoms with van der Waals surface area (Å²) in [5.74, 6) is -0.745. The zero-order valence-corrected chi connectivity index (χ0v) is 12.9. The molecule has 0 aromatic heterocycles. The minimum absolute atomic E-state index is 0.140. The summed E-state index contributed by atoms with van der Waals surface area (Å²) in [5, 5.41) is 2.86. The molecule has 0 saturated carbocycles. The van der Waals surface area contributed by atoms with Gasteiger partial charge in [-0.1, -0.05) is 35.9 Å². The van der Waals surface area contributed by atoms with Crippen molar-refractivity contribution in [3.63, 3.8) is 0 Å². The second-order valence-corrected chi connectivity index (χ2v) is 5.50. The van der Waals surface area contributed by atoms with Gasteiger partial charge in [-0.05, 0) is 47.5 Å². The van der Waals surface area contributed by atoms with E-state index in [1.165, 1.54) is 17.7 Å². The molecule has 1 N–H and O–H groups in total. The Labute approximate surface area is 126 Å². The highest BCUT2D eigenvalue weighted by atomic mass is 79.9. The van der Waals surface area contributed by atoms with Crippen molar-refractivity contribution in [1.82, 2.24) is 5.32 Å². The van der Waals surface area contributed by atoms with Crippen molar-refractivity contribution >= 4 is 21.8 Å². The molecule has 2 rings (SSSR count). The number of amides is 1. The lowest BCUT2D eigenvalue weighted by Crippen LogP contribution is -2.27. The molecule has 0 fully saturated rings. The average molecular weight is 336 g/mol. The van der Waals surface area contributed by atoms with E-state index in [1.54, 1.807) is 6.07 Å². The molecule has 0 bridgehead atoms. The fourth-order valence-electron chi connectivity index (χ4n) is 1.89. The van der Waals surface area contributed by atoms with Crippen molar-refractivity contribution < 1.29 is 9.18 Å². The van der Waals surface area contributed by atoms with Crippen LogP contribution >= 0.6 is 15.9 Å². The standard InChI is InChI=1S/C16H15BrFNO/c1-10-6-8-12(9-7-10)11(2)19-16(20)13-4-3-5-14(18)15(13)17/h3-9,11H,1-2H3,(H,19,20). The molecule has 104 valence electrons. The fraction of sp³-hybridized carbons (Fsp3) is 0.188. The Morgan fingerprint density at radius 2 is 1.85 bits per heavy atom. The third-order valence-corrected chi connectivity index (χ3v) is 3.93. The highest BCUT2D eigenvalue weighted by Crippen LogP contribution is 2.21. The molecule has 2 nitrogen and oxygen atoms in total. The maximum atomic E-state index is 13.4. The van der Waals surface area contributed by atoms with Gasteiger partial charge in [0.25, 0.3) is 5.91 Å². The van der Waals surface area contributed by atoms with Crippen LogP contribution in [0.1, 0.15) is 34.5 Å².